The average molecular weight is 257 g/mol. The summed E-state index contributed by atoms with van der Waals surface area (Å²) in [4.78, 5) is 2.14. The fraction of sp³-hybridized carbons (Fsp3) is 1.00. The average Bonchev–Trinajstić information content (AvgIpc) is 2.54. The van der Waals surface area contributed by atoms with Gasteiger partial charge >= 0.3 is 0 Å². The summed E-state index contributed by atoms with van der Waals surface area (Å²) in [5.74, 6) is -2.35. The lowest BCUT2D eigenvalue weighted by molar-refractivity contribution is 0.0582. The molecule has 3 aliphatic rings. The molecule has 2 heterocycles. The summed E-state index contributed by atoms with van der Waals surface area (Å²) in [6, 6.07) is 0. The fourth-order valence-electron chi connectivity index (χ4n) is 3.84. The van der Waals surface area contributed by atoms with E-state index in [-0.39, 0.29) is 17.8 Å². The zero-order valence-electron chi connectivity index (χ0n) is 11.5. The number of nitrogens with zero attached hydrogens (tertiary/aromatic N) is 1. The van der Waals surface area contributed by atoms with Gasteiger partial charge in [-0.25, -0.2) is 8.78 Å². The minimum absolute atomic E-state index is 0.0528. The molecule has 2 nitrogen and oxygen atoms in total. The van der Waals surface area contributed by atoms with E-state index in [1.807, 2.05) is 13.8 Å². The molecule has 1 saturated carbocycles. The molecular weight excluding hydrogens is 235 g/mol. The van der Waals surface area contributed by atoms with Gasteiger partial charge in [0.25, 0.3) is 5.92 Å². The first kappa shape index (κ1) is 14.3. The number of rotatable bonds is 2. The van der Waals surface area contributed by atoms with Crippen LogP contribution in [0.1, 0.15) is 33.1 Å². The maximum absolute atomic E-state index is 13.4. The Morgan fingerprint density at radius 1 is 1.33 bits per heavy atom. The van der Waals surface area contributed by atoms with E-state index in [0.717, 1.165) is 13.0 Å². The van der Waals surface area contributed by atoms with Crippen molar-refractivity contribution in [1.82, 2.24) is 4.90 Å². The van der Waals surface area contributed by atoms with Crippen molar-refractivity contribution < 1.29 is 13.5 Å². The van der Waals surface area contributed by atoms with Gasteiger partial charge in [0, 0.05) is 25.6 Å². The van der Waals surface area contributed by atoms with Crippen LogP contribution in [0.2, 0.25) is 5.82 Å². The van der Waals surface area contributed by atoms with Gasteiger partial charge in [0.1, 0.15) is 0 Å². The Kier molecular flexibility index (Phi) is 3.52. The Bertz CT molecular complexity index is 328. The van der Waals surface area contributed by atoms with Crippen molar-refractivity contribution in [3.05, 3.63) is 0 Å². The third kappa shape index (κ3) is 1.90. The van der Waals surface area contributed by atoms with Crippen LogP contribution < -0.4 is 0 Å². The van der Waals surface area contributed by atoms with Gasteiger partial charge in [0.2, 0.25) is 0 Å². The molecule has 2 aliphatic heterocycles. The van der Waals surface area contributed by atoms with Gasteiger partial charge in [-0.2, -0.15) is 0 Å². The summed E-state index contributed by atoms with van der Waals surface area (Å²) in [6.45, 7) is 5.76. The topological polar surface area (TPSA) is 12.5 Å². The van der Waals surface area contributed by atoms with Gasteiger partial charge in [-0.1, -0.05) is 19.7 Å². The number of ether oxygens (including phenoxy) is 1. The van der Waals surface area contributed by atoms with E-state index < -0.39 is 11.3 Å². The second-order valence-electron chi connectivity index (χ2n) is 5.84. The van der Waals surface area contributed by atoms with Crippen LogP contribution in [0.4, 0.5) is 8.78 Å². The van der Waals surface area contributed by atoms with Crippen LogP contribution in [0.25, 0.3) is 0 Å². The highest BCUT2D eigenvalue weighted by Gasteiger charge is 2.77. The predicted molar refractivity (Wildman–Crippen MR) is 68.3 cm³/mol. The monoisotopic (exact) mass is 257 g/mol. The van der Waals surface area contributed by atoms with Crippen LogP contribution in [0.15, 0.2) is 0 Å². The lowest BCUT2D eigenvalue weighted by Crippen LogP contribution is -2.42. The summed E-state index contributed by atoms with van der Waals surface area (Å²) < 4.78 is 32.0. The normalized spacial score (nSPS) is 44.6. The minimum atomic E-state index is -2.46. The Balaban J connectivity index is 0.000000574. The first-order valence-corrected chi connectivity index (χ1v) is 6.81. The molecule has 0 aromatic rings. The molecule has 0 N–H and O–H groups in total. The molecule has 3 rings (SSSR count). The van der Waals surface area contributed by atoms with Crippen LogP contribution in [0.5, 0.6) is 0 Å². The van der Waals surface area contributed by atoms with Crippen LogP contribution >= 0.6 is 0 Å². The summed E-state index contributed by atoms with van der Waals surface area (Å²) in [5.41, 5.74) is -0.972. The molecule has 2 saturated heterocycles. The quantitative estimate of drug-likeness (QED) is 0.705. The van der Waals surface area contributed by atoms with Crippen LogP contribution in [-0.2, 0) is 4.74 Å². The van der Waals surface area contributed by atoms with Crippen molar-refractivity contribution in [1.29, 1.82) is 0 Å². The third-order valence-corrected chi connectivity index (χ3v) is 4.55. The second kappa shape index (κ2) is 4.45. The van der Waals surface area contributed by atoms with E-state index in [2.05, 4.69) is 4.90 Å². The number of hydrogen-bond acceptors (Lipinski definition) is 2. The zero-order chi connectivity index (χ0) is 13.6. The molecule has 3 atom stereocenters. The number of fused-ring (bicyclic) bond motifs is 1. The summed E-state index contributed by atoms with van der Waals surface area (Å²) in [5, 5.41) is 0. The zero-order valence-corrected chi connectivity index (χ0v) is 11.5. The summed E-state index contributed by atoms with van der Waals surface area (Å²) in [6.07, 6.45) is 1.39. The van der Waals surface area contributed by atoms with Crippen molar-refractivity contribution >= 4 is 7.85 Å². The van der Waals surface area contributed by atoms with Gasteiger partial charge < -0.3 is 4.74 Å². The molecule has 0 amide bonds. The first-order chi connectivity index (χ1) is 8.43. The third-order valence-electron chi connectivity index (χ3n) is 4.55. The van der Waals surface area contributed by atoms with Crippen LogP contribution in [0.3, 0.4) is 0 Å². The smallest absolute Gasteiger partial charge is 0.255 e. The minimum Gasteiger partial charge on any atom is -0.383 e. The largest absolute Gasteiger partial charge is 0.383 e. The van der Waals surface area contributed by atoms with E-state index in [9.17, 15) is 8.78 Å². The van der Waals surface area contributed by atoms with Crippen LogP contribution in [-0.4, -0.2) is 51.0 Å². The lowest BCUT2D eigenvalue weighted by atomic mass is 9.78. The predicted octanol–water partition coefficient (Wildman–Crippen LogP) is 2.49. The molecule has 1 aliphatic carbocycles. The van der Waals surface area contributed by atoms with Gasteiger partial charge in [0.15, 0.2) is 0 Å². The highest BCUT2D eigenvalue weighted by Crippen LogP contribution is 2.70. The molecule has 3 fully saturated rings. The lowest BCUT2D eigenvalue weighted by Gasteiger charge is -2.31. The molecule has 0 aromatic heterocycles. The van der Waals surface area contributed by atoms with Crippen molar-refractivity contribution in [2.45, 2.75) is 50.4 Å². The van der Waals surface area contributed by atoms with Gasteiger partial charge in [-0.05, 0) is 19.4 Å². The molecule has 2 radical (unpaired) electrons. The highest BCUT2D eigenvalue weighted by atomic mass is 19.3. The Hall–Kier alpha value is -0.155. The second-order valence-corrected chi connectivity index (χ2v) is 5.84. The molecule has 18 heavy (non-hydrogen) atoms. The Morgan fingerprint density at radius 3 is 2.44 bits per heavy atom. The Morgan fingerprint density at radius 2 is 1.94 bits per heavy atom. The molecule has 102 valence electrons. The first-order valence-electron chi connectivity index (χ1n) is 6.81. The number of alkyl halides is 2. The summed E-state index contributed by atoms with van der Waals surface area (Å²) >= 11 is 0. The molecule has 0 bridgehead atoms. The van der Waals surface area contributed by atoms with Crippen molar-refractivity contribution in [3.63, 3.8) is 0 Å². The fourth-order valence-corrected chi connectivity index (χ4v) is 3.84. The van der Waals surface area contributed by atoms with E-state index in [1.54, 1.807) is 7.11 Å². The number of methoxy groups -OCH3 is 1. The van der Waals surface area contributed by atoms with Crippen LogP contribution in [0, 0.1) is 5.41 Å². The molecule has 3 unspecified atom stereocenters. The highest BCUT2D eigenvalue weighted by molar-refractivity contribution is 6.12. The molecular formula is C13H22BF2NO. The van der Waals surface area contributed by atoms with Gasteiger partial charge in [0.05, 0.1) is 19.9 Å². The SMILES string of the molecule is CC.[B]C1CN2CC3(CC2(COC)C1)CC3(F)F. The Labute approximate surface area is 109 Å². The molecule has 1 spiro atoms. The van der Waals surface area contributed by atoms with E-state index in [0.29, 0.717) is 19.6 Å². The van der Waals surface area contributed by atoms with Gasteiger partial charge in [-0.15, -0.1) is 0 Å². The van der Waals surface area contributed by atoms with E-state index >= 15 is 0 Å². The number of halogens is 2. The molecule has 0 aromatic carbocycles. The summed E-state index contributed by atoms with van der Waals surface area (Å²) in [7, 11) is 7.56. The van der Waals surface area contributed by atoms with Crippen molar-refractivity contribution in [2.75, 3.05) is 26.8 Å². The van der Waals surface area contributed by atoms with Crippen molar-refractivity contribution in [2.24, 2.45) is 5.41 Å². The van der Waals surface area contributed by atoms with E-state index in [4.69, 9.17) is 12.6 Å². The molecule has 5 heteroatoms. The van der Waals surface area contributed by atoms with Gasteiger partial charge in [-0.3, -0.25) is 4.90 Å². The van der Waals surface area contributed by atoms with E-state index in [1.165, 1.54) is 0 Å². The van der Waals surface area contributed by atoms with Crippen molar-refractivity contribution in [3.8, 4) is 0 Å². The standard InChI is InChI=1S/C11H16BF2NO.C2H6/c1-16-7-10-2-8(12)3-15(10)6-9(4-10)5-11(9,13)14;1-2/h8H,2-7H2,1H3;1-2H3. The maximum Gasteiger partial charge on any atom is 0.255 e. The maximum atomic E-state index is 13.4. The number of hydrogen-bond donors (Lipinski definition) is 0.